The van der Waals surface area contributed by atoms with Crippen LogP contribution in [0.15, 0.2) is 41.3 Å². The number of hydrogen-bond donors (Lipinski definition) is 3. The van der Waals surface area contributed by atoms with E-state index in [2.05, 4.69) is 4.72 Å². The number of benzene rings is 2. The van der Waals surface area contributed by atoms with Crippen LogP contribution in [0.4, 0.5) is 11.4 Å². The van der Waals surface area contributed by atoms with E-state index in [1.165, 1.54) is 6.07 Å². The highest BCUT2D eigenvalue weighted by atomic mass is 32.2. The first kappa shape index (κ1) is 17.0. The lowest BCUT2D eigenvalue weighted by Crippen LogP contribution is -2.18. The van der Waals surface area contributed by atoms with Gasteiger partial charge in [0.1, 0.15) is 5.75 Å². The summed E-state index contributed by atoms with van der Waals surface area (Å²) in [5, 5.41) is 30.3. The predicted octanol–water partition coefficient (Wildman–Crippen LogP) is 1.92. The molecule has 3 rings (SSSR count). The first-order valence-corrected chi connectivity index (χ1v) is 8.72. The number of phenolic OH excluding ortho intramolecular Hbond substituents is 1. The van der Waals surface area contributed by atoms with Crippen LogP contribution in [-0.4, -0.2) is 30.2 Å². The molecular formula is C15H14N2O7S. The molecule has 1 aliphatic rings. The van der Waals surface area contributed by atoms with Crippen molar-refractivity contribution in [2.45, 2.75) is 17.4 Å². The maximum Gasteiger partial charge on any atom is 0.312 e. The molecule has 1 atom stereocenters. The number of nitrogens with zero attached hydrogens (tertiary/aromatic N) is 1. The number of rotatable bonds is 4. The van der Waals surface area contributed by atoms with E-state index in [1.54, 1.807) is 12.1 Å². The fourth-order valence-corrected chi connectivity index (χ4v) is 3.59. The van der Waals surface area contributed by atoms with Gasteiger partial charge in [-0.3, -0.25) is 14.8 Å². The van der Waals surface area contributed by atoms with Crippen LogP contribution in [0.3, 0.4) is 0 Å². The van der Waals surface area contributed by atoms with Crippen molar-refractivity contribution in [3.63, 3.8) is 0 Å². The van der Waals surface area contributed by atoms with Gasteiger partial charge >= 0.3 is 5.69 Å². The third-order valence-electron chi connectivity index (χ3n) is 3.74. The SMILES string of the molecule is O=[N+]([O-])c1cc(S(=O)(=O)Nc2cccc3c2OCC[C@H]3O)ccc1O. The Labute approximate surface area is 142 Å². The summed E-state index contributed by atoms with van der Waals surface area (Å²) in [5.41, 5.74) is -0.139. The fraction of sp³-hybridized carbons (Fsp3) is 0.200. The van der Waals surface area contributed by atoms with Gasteiger partial charge in [0.05, 0.1) is 28.2 Å². The molecule has 1 aliphatic heterocycles. The molecule has 0 aliphatic carbocycles. The highest BCUT2D eigenvalue weighted by Gasteiger charge is 2.26. The maximum atomic E-state index is 12.5. The second kappa shape index (κ2) is 6.22. The largest absolute Gasteiger partial charge is 0.502 e. The first-order chi connectivity index (χ1) is 11.8. The second-order valence-electron chi connectivity index (χ2n) is 5.39. The van der Waals surface area contributed by atoms with Crippen LogP contribution in [0.2, 0.25) is 0 Å². The minimum absolute atomic E-state index is 0.118. The molecule has 0 bridgehead atoms. The van der Waals surface area contributed by atoms with Gasteiger partial charge in [-0.1, -0.05) is 12.1 Å². The average molecular weight is 366 g/mol. The number of hydrogen-bond acceptors (Lipinski definition) is 7. The molecule has 0 saturated carbocycles. The van der Waals surface area contributed by atoms with E-state index < -0.39 is 32.5 Å². The van der Waals surface area contributed by atoms with Crippen LogP contribution in [0.5, 0.6) is 11.5 Å². The number of nitrogens with one attached hydrogen (secondary N) is 1. The van der Waals surface area contributed by atoms with Gasteiger partial charge in [0.2, 0.25) is 0 Å². The van der Waals surface area contributed by atoms with E-state index in [4.69, 9.17) is 4.74 Å². The van der Waals surface area contributed by atoms with Gasteiger partial charge in [0, 0.05) is 18.1 Å². The normalized spacial score (nSPS) is 16.6. The number of nitro groups is 1. The Kier molecular flexibility index (Phi) is 4.23. The standard InChI is InChI=1S/C15H14N2O7S/c18-13-6-7-24-15-10(13)2-1-3-11(15)16-25(22,23)9-4-5-14(19)12(8-9)17(20)21/h1-5,8,13,16,18-19H,6-7H2/t13-/m1/s1. The molecule has 0 saturated heterocycles. The molecule has 1 heterocycles. The number of sulfonamides is 1. The molecule has 9 nitrogen and oxygen atoms in total. The minimum atomic E-state index is -4.16. The molecule has 0 unspecified atom stereocenters. The van der Waals surface area contributed by atoms with Gasteiger partial charge in [-0.2, -0.15) is 0 Å². The lowest BCUT2D eigenvalue weighted by atomic mass is 10.0. The molecule has 0 spiro atoms. The smallest absolute Gasteiger partial charge is 0.312 e. The summed E-state index contributed by atoms with van der Waals surface area (Å²) in [4.78, 5) is 9.61. The average Bonchev–Trinajstić information content (AvgIpc) is 2.55. The number of fused-ring (bicyclic) bond motifs is 1. The molecule has 3 N–H and O–H groups in total. The van der Waals surface area contributed by atoms with Crippen molar-refractivity contribution < 1.29 is 28.3 Å². The molecule has 0 aromatic heterocycles. The molecule has 10 heteroatoms. The topological polar surface area (TPSA) is 139 Å². The Morgan fingerprint density at radius 3 is 2.76 bits per heavy atom. The van der Waals surface area contributed by atoms with Crippen molar-refractivity contribution in [1.82, 2.24) is 0 Å². The Morgan fingerprint density at radius 2 is 2.04 bits per heavy atom. The summed E-state index contributed by atoms with van der Waals surface area (Å²) in [6.45, 7) is 0.234. The zero-order valence-electron chi connectivity index (χ0n) is 12.7. The van der Waals surface area contributed by atoms with Crippen LogP contribution in [0.1, 0.15) is 18.1 Å². The number of phenols is 1. The predicted molar refractivity (Wildman–Crippen MR) is 87.1 cm³/mol. The fourth-order valence-electron chi connectivity index (χ4n) is 2.51. The van der Waals surface area contributed by atoms with Gasteiger partial charge in [0.25, 0.3) is 10.0 Å². The quantitative estimate of drug-likeness (QED) is 0.555. The van der Waals surface area contributed by atoms with Crippen molar-refractivity contribution in [3.8, 4) is 11.5 Å². The third-order valence-corrected chi connectivity index (χ3v) is 5.10. The van der Waals surface area contributed by atoms with E-state index in [0.717, 1.165) is 18.2 Å². The minimum Gasteiger partial charge on any atom is -0.502 e. The number of nitro benzene ring substituents is 1. The summed E-state index contributed by atoms with van der Waals surface area (Å²) in [6.07, 6.45) is -0.365. The van der Waals surface area contributed by atoms with E-state index in [1.807, 2.05) is 0 Å². The van der Waals surface area contributed by atoms with Crippen molar-refractivity contribution in [2.24, 2.45) is 0 Å². The maximum absolute atomic E-state index is 12.5. The molecule has 2 aromatic carbocycles. The molecule has 0 amide bonds. The summed E-state index contributed by atoms with van der Waals surface area (Å²) < 4.78 is 32.8. The van der Waals surface area contributed by atoms with Gasteiger partial charge in [0.15, 0.2) is 5.75 Å². The number of aliphatic hydroxyl groups is 1. The second-order valence-corrected chi connectivity index (χ2v) is 7.07. The highest BCUT2D eigenvalue weighted by molar-refractivity contribution is 7.92. The van der Waals surface area contributed by atoms with Crippen molar-refractivity contribution in [2.75, 3.05) is 11.3 Å². The zero-order valence-corrected chi connectivity index (χ0v) is 13.6. The number of ether oxygens (including phenoxy) is 1. The zero-order chi connectivity index (χ0) is 18.2. The van der Waals surface area contributed by atoms with Crippen LogP contribution in [0.25, 0.3) is 0 Å². The van der Waals surface area contributed by atoms with Crippen molar-refractivity contribution in [1.29, 1.82) is 0 Å². The Hall–Kier alpha value is -2.85. The summed E-state index contributed by atoms with van der Waals surface area (Å²) in [6, 6.07) is 7.41. The number of aromatic hydroxyl groups is 1. The molecule has 0 fully saturated rings. The van der Waals surface area contributed by atoms with Gasteiger partial charge in [-0.25, -0.2) is 8.42 Å². The van der Waals surface area contributed by atoms with E-state index in [0.29, 0.717) is 12.0 Å². The van der Waals surface area contributed by atoms with Crippen LogP contribution in [0, 0.1) is 10.1 Å². The molecular weight excluding hydrogens is 352 g/mol. The summed E-state index contributed by atoms with van der Waals surface area (Å²) >= 11 is 0. The van der Waals surface area contributed by atoms with Crippen LogP contribution in [-0.2, 0) is 10.0 Å². The van der Waals surface area contributed by atoms with Crippen molar-refractivity contribution in [3.05, 3.63) is 52.1 Å². The summed E-state index contributed by atoms with van der Waals surface area (Å²) in [5.74, 6) is -0.411. The number of anilines is 1. The Balaban J connectivity index is 2.00. The molecule has 2 aromatic rings. The Bertz CT molecular complexity index is 943. The van der Waals surface area contributed by atoms with Crippen molar-refractivity contribution >= 4 is 21.4 Å². The lowest BCUT2D eigenvalue weighted by molar-refractivity contribution is -0.386. The van der Waals surface area contributed by atoms with E-state index in [9.17, 15) is 28.7 Å². The number of aliphatic hydroxyl groups excluding tert-OH is 1. The third kappa shape index (κ3) is 3.21. The van der Waals surface area contributed by atoms with Crippen LogP contribution >= 0.6 is 0 Å². The lowest BCUT2D eigenvalue weighted by Gasteiger charge is -2.24. The molecule has 132 valence electrons. The van der Waals surface area contributed by atoms with Crippen LogP contribution < -0.4 is 9.46 Å². The van der Waals surface area contributed by atoms with Gasteiger partial charge < -0.3 is 14.9 Å². The monoisotopic (exact) mass is 366 g/mol. The van der Waals surface area contributed by atoms with Gasteiger partial charge in [-0.05, 0) is 18.2 Å². The summed E-state index contributed by atoms with van der Waals surface area (Å²) in [7, 11) is -4.16. The first-order valence-electron chi connectivity index (χ1n) is 7.23. The van der Waals surface area contributed by atoms with Gasteiger partial charge in [-0.15, -0.1) is 0 Å². The Morgan fingerprint density at radius 1 is 1.28 bits per heavy atom. The number of para-hydroxylation sites is 1. The van der Waals surface area contributed by atoms with E-state index >= 15 is 0 Å². The van der Waals surface area contributed by atoms with E-state index in [-0.39, 0.29) is 22.9 Å². The molecule has 0 radical (unpaired) electrons. The highest BCUT2D eigenvalue weighted by Crippen LogP contribution is 2.39. The molecule has 25 heavy (non-hydrogen) atoms.